The first-order valence-corrected chi connectivity index (χ1v) is 8.69. The number of piperidine rings is 2. The fourth-order valence-corrected chi connectivity index (χ4v) is 5.80. The normalized spacial score (nSPS) is 40.8. The molecule has 0 unspecified atom stereocenters. The van der Waals surface area contributed by atoms with Crippen LogP contribution in [-0.4, -0.2) is 47.1 Å². The van der Waals surface area contributed by atoms with Gasteiger partial charge in [-0.25, -0.2) is 0 Å². The quantitative estimate of drug-likeness (QED) is 0.533. The lowest BCUT2D eigenvalue weighted by atomic mass is 9.53. The SMILES string of the molecule is Cc1cccc(C2[NH+]3CC4([N+](=O)[O-])C[NH+]2CC([N+](=O)[O-])(C3)C4(C)C)c1. The second-order valence-electron chi connectivity index (χ2n) is 8.57. The molecule has 8 heteroatoms. The average Bonchev–Trinajstić information content (AvgIpc) is 2.50. The minimum atomic E-state index is -1.25. The van der Waals surface area contributed by atoms with Crippen molar-refractivity contribution < 1.29 is 19.6 Å². The van der Waals surface area contributed by atoms with Gasteiger partial charge in [0.1, 0.15) is 5.41 Å². The first-order valence-electron chi connectivity index (χ1n) is 8.69. The predicted molar refractivity (Wildman–Crippen MR) is 88.5 cm³/mol. The van der Waals surface area contributed by atoms with Crippen LogP contribution in [0, 0.1) is 32.6 Å². The summed E-state index contributed by atoms with van der Waals surface area (Å²) in [6.07, 6.45) is 0.0390. The van der Waals surface area contributed by atoms with Crippen molar-refractivity contribution in [3.63, 3.8) is 0 Å². The second kappa shape index (κ2) is 4.76. The van der Waals surface area contributed by atoms with E-state index in [4.69, 9.17) is 0 Å². The second-order valence-corrected chi connectivity index (χ2v) is 8.57. The van der Waals surface area contributed by atoms with E-state index in [9.17, 15) is 20.2 Å². The Hall–Kier alpha value is -2.06. The number of nitro groups is 2. The molecule has 2 N–H and O–H groups in total. The highest BCUT2D eigenvalue weighted by Gasteiger charge is 2.87. The maximum Gasteiger partial charge on any atom is 0.329 e. The Kier molecular flexibility index (Phi) is 3.13. The largest absolute Gasteiger partial charge is 0.329 e. The Morgan fingerprint density at radius 1 is 1.00 bits per heavy atom. The van der Waals surface area contributed by atoms with E-state index < -0.39 is 16.5 Å². The Balaban J connectivity index is 1.85. The summed E-state index contributed by atoms with van der Waals surface area (Å²) in [6, 6.07) is 8.17. The van der Waals surface area contributed by atoms with Crippen LogP contribution in [0.25, 0.3) is 0 Å². The van der Waals surface area contributed by atoms with Crippen LogP contribution in [0.4, 0.5) is 0 Å². The molecule has 0 aromatic heterocycles. The number of benzene rings is 1. The third kappa shape index (κ3) is 1.78. The van der Waals surface area contributed by atoms with Gasteiger partial charge in [-0.15, -0.1) is 0 Å². The molecule has 8 nitrogen and oxygen atoms in total. The lowest BCUT2D eigenvalue weighted by Gasteiger charge is -2.60. The van der Waals surface area contributed by atoms with Gasteiger partial charge in [-0.2, -0.15) is 0 Å². The highest BCUT2D eigenvalue weighted by molar-refractivity contribution is 5.24. The summed E-state index contributed by atoms with van der Waals surface area (Å²) in [5, 5.41) is 24.2. The first-order chi connectivity index (χ1) is 11.6. The molecule has 1 aromatic carbocycles. The van der Waals surface area contributed by atoms with E-state index >= 15 is 0 Å². The van der Waals surface area contributed by atoms with E-state index in [1.54, 1.807) is 13.8 Å². The molecule has 0 saturated carbocycles. The van der Waals surface area contributed by atoms with Crippen molar-refractivity contribution in [2.24, 2.45) is 5.41 Å². The molecule has 0 atom stereocenters. The van der Waals surface area contributed by atoms with Gasteiger partial charge in [-0.1, -0.05) is 17.7 Å². The van der Waals surface area contributed by atoms with Crippen LogP contribution in [0.15, 0.2) is 24.3 Å². The molecular formula is C17H24N4O4+2. The maximum atomic E-state index is 12.1. The molecule has 4 bridgehead atoms. The zero-order valence-electron chi connectivity index (χ0n) is 14.7. The van der Waals surface area contributed by atoms with Crippen LogP contribution in [0.5, 0.6) is 0 Å². The average molecular weight is 348 g/mol. The van der Waals surface area contributed by atoms with Crippen molar-refractivity contribution >= 4 is 0 Å². The molecule has 0 spiro atoms. The summed E-state index contributed by atoms with van der Waals surface area (Å²) < 4.78 is 0. The lowest BCUT2D eigenvalue weighted by molar-refractivity contribution is -1.20. The minimum Gasteiger partial charge on any atom is -0.270 e. The van der Waals surface area contributed by atoms with Crippen molar-refractivity contribution in [2.75, 3.05) is 26.2 Å². The zero-order valence-corrected chi connectivity index (χ0v) is 14.7. The van der Waals surface area contributed by atoms with E-state index in [-0.39, 0.29) is 16.0 Å². The molecule has 4 saturated heterocycles. The Bertz CT molecular complexity index is 726. The molecule has 4 aliphatic heterocycles. The molecule has 134 valence electrons. The number of nitrogens with one attached hydrogen (secondary N) is 2. The zero-order chi connectivity index (χ0) is 18.2. The minimum absolute atomic E-state index is 0.0390. The van der Waals surface area contributed by atoms with Gasteiger partial charge in [-0.05, 0) is 32.9 Å². The molecule has 0 radical (unpaired) electrons. The van der Waals surface area contributed by atoms with Crippen LogP contribution in [-0.2, 0) is 0 Å². The number of hydrogen-bond acceptors (Lipinski definition) is 4. The van der Waals surface area contributed by atoms with Gasteiger partial charge in [0.05, 0.1) is 5.56 Å². The molecule has 4 fully saturated rings. The standard InChI is InChI=1S/C17H22N4O4/c1-12-5-4-6-13(7-12)14-18-8-16(20(22)23)9-19(14)11-17(10-18,21(24)25)15(16,2)3/h4-7,14H,8-11H2,1-3H3/p+2. The maximum absolute atomic E-state index is 12.1. The molecule has 25 heavy (non-hydrogen) atoms. The number of quaternary nitrogens is 2. The Morgan fingerprint density at radius 3 is 1.88 bits per heavy atom. The van der Waals surface area contributed by atoms with Crippen LogP contribution in [0.3, 0.4) is 0 Å². The third-order valence-corrected chi connectivity index (χ3v) is 7.30. The fourth-order valence-electron chi connectivity index (χ4n) is 5.80. The third-order valence-electron chi connectivity index (χ3n) is 7.30. The fraction of sp³-hybridized carbons (Fsp3) is 0.647. The summed E-state index contributed by atoms with van der Waals surface area (Å²) in [5.74, 6) is 0. The van der Waals surface area contributed by atoms with Crippen LogP contribution < -0.4 is 9.80 Å². The summed E-state index contributed by atoms with van der Waals surface area (Å²) in [6.45, 7) is 6.90. The molecule has 0 amide bonds. The predicted octanol–water partition coefficient (Wildman–Crippen LogP) is -1.14. The van der Waals surface area contributed by atoms with Crippen molar-refractivity contribution in [1.29, 1.82) is 0 Å². The van der Waals surface area contributed by atoms with Crippen LogP contribution in [0.1, 0.15) is 31.1 Å². The summed E-state index contributed by atoms with van der Waals surface area (Å²) >= 11 is 0. The van der Waals surface area contributed by atoms with Crippen molar-refractivity contribution in [3.05, 3.63) is 55.6 Å². The number of rotatable bonds is 3. The van der Waals surface area contributed by atoms with E-state index in [2.05, 4.69) is 6.07 Å². The van der Waals surface area contributed by atoms with Crippen LogP contribution >= 0.6 is 0 Å². The van der Waals surface area contributed by atoms with Crippen molar-refractivity contribution in [3.8, 4) is 0 Å². The highest BCUT2D eigenvalue weighted by Crippen LogP contribution is 2.48. The molecule has 4 aliphatic rings. The van der Waals surface area contributed by atoms with E-state index in [0.717, 1.165) is 20.9 Å². The van der Waals surface area contributed by atoms with Crippen molar-refractivity contribution in [2.45, 2.75) is 38.0 Å². The van der Waals surface area contributed by atoms with E-state index in [1.807, 2.05) is 25.1 Å². The van der Waals surface area contributed by atoms with Crippen molar-refractivity contribution in [1.82, 2.24) is 0 Å². The number of nitrogens with zero attached hydrogens (tertiary/aromatic N) is 2. The molecule has 0 aliphatic carbocycles. The van der Waals surface area contributed by atoms with Gasteiger partial charge in [0.25, 0.3) is 0 Å². The van der Waals surface area contributed by atoms with E-state index in [1.165, 1.54) is 0 Å². The van der Waals surface area contributed by atoms with Gasteiger partial charge >= 0.3 is 11.1 Å². The molecule has 5 rings (SSSR count). The number of aryl methyl sites for hydroxylation is 1. The summed E-state index contributed by atoms with van der Waals surface area (Å²) in [7, 11) is 0. The van der Waals surface area contributed by atoms with Crippen LogP contribution in [0.2, 0.25) is 0 Å². The van der Waals surface area contributed by atoms with E-state index in [0.29, 0.717) is 26.2 Å². The first kappa shape index (κ1) is 16.4. The van der Waals surface area contributed by atoms with Gasteiger partial charge in [-0.3, -0.25) is 30.0 Å². The molecule has 4 heterocycles. The molecular weight excluding hydrogens is 324 g/mol. The number of hydrogen-bond donors (Lipinski definition) is 2. The smallest absolute Gasteiger partial charge is 0.270 e. The van der Waals surface area contributed by atoms with Gasteiger partial charge in [0, 0.05) is 9.85 Å². The van der Waals surface area contributed by atoms with Gasteiger partial charge < -0.3 is 0 Å². The Labute approximate surface area is 145 Å². The monoisotopic (exact) mass is 348 g/mol. The topological polar surface area (TPSA) is 95.2 Å². The summed E-state index contributed by atoms with van der Waals surface area (Å²) in [4.78, 5) is 25.7. The lowest BCUT2D eigenvalue weighted by Crippen LogP contribution is -3.43. The highest BCUT2D eigenvalue weighted by atomic mass is 16.6. The van der Waals surface area contributed by atoms with Gasteiger partial charge in [0.15, 0.2) is 26.2 Å². The molecule has 1 aromatic rings. The Morgan fingerprint density at radius 2 is 1.48 bits per heavy atom. The summed E-state index contributed by atoms with van der Waals surface area (Å²) in [5.41, 5.74) is -1.21. The van der Waals surface area contributed by atoms with Gasteiger partial charge in [0.2, 0.25) is 6.17 Å².